The van der Waals surface area contributed by atoms with E-state index in [0.717, 1.165) is 5.57 Å². The maximum atomic E-state index is 12.2. The molecular weight excluding hydrogens is 364 g/mol. The van der Waals surface area contributed by atoms with E-state index in [2.05, 4.69) is 13.2 Å². The first-order chi connectivity index (χ1) is 13.2. The molecule has 0 unspecified atom stereocenters. The fourth-order valence-electron chi connectivity index (χ4n) is 3.22. The van der Waals surface area contributed by atoms with Crippen LogP contribution in [0.15, 0.2) is 47.6 Å². The molecule has 1 saturated heterocycles. The van der Waals surface area contributed by atoms with Crippen LogP contribution in [0, 0.1) is 5.92 Å². The Morgan fingerprint density at radius 2 is 2.04 bits per heavy atom. The van der Waals surface area contributed by atoms with Gasteiger partial charge in [-0.2, -0.15) is 0 Å². The highest BCUT2D eigenvalue weighted by molar-refractivity contribution is 5.91. The highest BCUT2D eigenvalue weighted by atomic mass is 16.6. The average molecular weight is 390 g/mol. The second kappa shape index (κ2) is 9.50. The van der Waals surface area contributed by atoms with Crippen LogP contribution in [0.25, 0.3) is 0 Å². The summed E-state index contributed by atoms with van der Waals surface area (Å²) in [7, 11) is 0. The van der Waals surface area contributed by atoms with E-state index in [1.54, 1.807) is 6.08 Å². The summed E-state index contributed by atoms with van der Waals surface area (Å²) in [5.74, 6) is -2.18. The molecule has 0 amide bonds. The fourth-order valence-corrected chi connectivity index (χ4v) is 3.22. The largest absolute Gasteiger partial charge is 0.461 e. The zero-order valence-corrected chi connectivity index (χ0v) is 16.2. The van der Waals surface area contributed by atoms with Crippen molar-refractivity contribution >= 4 is 17.9 Å². The molecule has 28 heavy (non-hydrogen) atoms. The van der Waals surface area contributed by atoms with Crippen molar-refractivity contribution in [3.63, 3.8) is 0 Å². The molecule has 0 radical (unpaired) electrons. The number of aliphatic hydroxyl groups is 1. The minimum atomic E-state index is -0.754. The van der Waals surface area contributed by atoms with Crippen LogP contribution >= 0.6 is 0 Å². The summed E-state index contributed by atoms with van der Waals surface area (Å²) in [6.45, 7) is 10.1. The van der Waals surface area contributed by atoms with Crippen LogP contribution in [0.5, 0.6) is 0 Å². The molecule has 1 N–H and O–H groups in total. The molecule has 0 bridgehead atoms. The quantitative estimate of drug-likeness (QED) is 0.332. The molecule has 7 nitrogen and oxygen atoms in total. The first-order valence-corrected chi connectivity index (χ1v) is 9.10. The van der Waals surface area contributed by atoms with Crippen molar-refractivity contribution in [2.75, 3.05) is 13.2 Å². The molecule has 152 valence electrons. The Hall–Kier alpha value is -2.67. The molecule has 7 heteroatoms. The van der Waals surface area contributed by atoms with Crippen LogP contribution in [0.2, 0.25) is 0 Å². The first kappa shape index (κ1) is 21.6. The van der Waals surface area contributed by atoms with Gasteiger partial charge in [-0.15, -0.1) is 0 Å². The topological polar surface area (TPSA) is 99.1 Å². The number of hydrogen-bond donors (Lipinski definition) is 1. The Kier molecular flexibility index (Phi) is 7.34. The third kappa shape index (κ3) is 5.42. The minimum absolute atomic E-state index is 0.0705. The molecule has 3 atom stereocenters. The number of ether oxygens (including phenoxy) is 3. The van der Waals surface area contributed by atoms with Crippen molar-refractivity contribution < 1.29 is 33.7 Å². The van der Waals surface area contributed by atoms with Gasteiger partial charge in [0.2, 0.25) is 0 Å². The standard InChI is InChI=1S/C21H26O7/c1-12(2)20(24)27-17-8-15(10-22)6-5-7-16(11-26-14(4)23)9-18-19(17)13(3)21(25)28-18/h6,9,17-19,22H,1,3,5,7-8,10-11H2,2,4H3/b15-6-,16-9?/t17-,18-,19-/m1/s1. The van der Waals surface area contributed by atoms with E-state index in [1.165, 1.54) is 13.8 Å². The number of fused-ring (bicyclic) bond motifs is 1. The van der Waals surface area contributed by atoms with Gasteiger partial charge in [-0.05, 0) is 37.0 Å². The molecule has 2 rings (SSSR count). The molecule has 0 aromatic heterocycles. The molecular formula is C21H26O7. The summed E-state index contributed by atoms with van der Waals surface area (Å²) in [6, 6.07) is 0. The summed E-state index contributed by atoms with van der Waals surface area (Å²) in [6.07, 6.45) is 3.56. The highest BCUT2D eigenvalue weighted by Gasteiger charge is 2.44. The monoisotopic (exact) mass is 390 g/mol. The number of carbonyl (C=O) groups excluding carboxylic acids is 3. The van der Waals surface area contributed by atoms with E-state index in [-0.39, 0.29) is 30.8 Å². The van der Waals surface area contributed by atoms with Gasteiger partial charge in [0.25, 0.3) is 0 Å². The molecule has 2 aliphatic rings. The van der Waals surface area contributed by atoms with Gasteiger partial charge in [0.1, 0.15) is 18.8 Å². The Morgan fingerprint density at radius 1 is 1.32 bits per heavy atom. The summed E-state index contributed by atoms with van der Waals surface area (Å²) < 4.78 is 16.1. The van der Waals surface area contributed by atoms with E-state index in [1.807, 2.05) is 6.08 Å². The van der Waals surface area contributed by atoms with E-state index >= 15 is 0 Å². The second-order valence-electron chi connectivity index (χ2n) is 7.01. The Bertz CT molecular complexity index is 744. The number of esters is 3. The zero-order valence-electron chi connectivity index (χ0n) is 16.2. The van der Waals surface area contributed by atoms with Gasteiger partial charge < -0.3 is 19.3 Å². The van der Waals surface area contributed by atoms with E-state index < -0.39 is 36.0 Å². The summed E-state index contributed by atoms with van der Waals surface area (Å²) in [5, 5.41) is 9.70. The van der Waals surface area contributed by atoms with Gasteiger partial charge in [0.05, 0.1) is 12.5 Å². The lowest BCUT2D eigenvalue weighted by Gasteiger charge is -2.28. The summed E-state index contributed by atoms with van der Waals surface area (Å²) in [5.41, 5.74) is 1.88. The molecule has 0 saturated carbocycles. The zero-order chi connectivity index (χ0) is 20.8. The van der Waals surface area contributed by atoms with Crippen LogP contribution in [0.1, 0.15) is 33.1 Å². The van der Waals surface area contributed by atoms with Gasteiger partial charge in [-0.25, -0.2) is 9.59 Å². The van der Waals surface area contributed by atoms with Crippen molar-refractivity contribution in [2.45, 2.75) is 45.3 Å². The average Bonchev–Trinajstić information content (AvgIpc) is 2.91. The van der Waals surface area contributed by atoms with Crippen molar-refractivity contribution in [3.8, 4) is 0 Å². The summed E-state index contributed by atoms with van der Waals surface area (Å²) >= 11 is 0. The van der Waals surface area contributed by atoms with Crippen molar-refractivity contribution in [1.82, 2.24) is 0 Å². The number of carbonyl (C=O) groups is 3. The maximum Gasteiger partial charge on any atom is 0.334 e. The first-order valence-electron chi connectivity index (χ1n) is 9.10. The van der Waals surface area contributed by atoms with Crippen LogP contribution in [-0.4, -0.2) is 48.4 Å². The number of aliphatic hydroxyl groups excluding tert-OH is 1. The lowest BCUT2D eigenvalue weighted by atomic mass is 9.85. The Balaban J connectivity index is 2.41. The third-order valence-electron chi connectivity index (χ3n) is 4.69. The normalized spacial score (nSPS) is 26.9. The summed E-state index contributed by atoms with van der Waals surface area (Å²) in [4.78, 5) is 35.5. The van der Waals surface area contributed by atoms with Gasteiger partial charge in [-0.1, -0.05) is 19.2 Å². The smallest absolute Gasteiger partial charge is 0.334 e. The second-order valence-corrected chi connectivity index (χ2v) is 7.01. The van der Waals surface area contributed by atoms with E-state index in [0.29, 0.717) is 18.4 Å². The molecule has 1 fully saturated rings. The van der Waals surface area contributed by atoms with Crippen LogP contribution in [-0.2, 0) is 28.6 Å². The lowest BCUT2D eigenvalue weighted by molar-refractivity contribution is -0.147. The van der Waals surface area contributed by atoms with Crippen molar-refractivity contribution in [3.05, 3.63) is 47.6 Å². The van der Waals surface area contributed by atoms with Gasteiger partial charge >= 0.3 is 17.9 Å². The SMILES string of the molecule is C=C(C)C(=O)O[C@@H]1C/C(CO)=C/CCC(COC(C)=O)=C[C@H]2OC(=O)C(=C)[C@@H]21. The van der Waals surface area contributed by atoms with Crippen molar-refractivity contribution in [1.29, 1.82) is 0 Å². The van der Waals surface area contributed by atoms with Crippen LogP contribution in [0.4, 0.5) is 0 Å². The molecule has 1 aliphatic carbocycles. The van der Waals surface area contributed by atoms with Gasteiger partial charge in [0, 0.05) is 24.5 Å². The third-order valence-corrected chi connectivity index (χ3v) is 4.69. The number of rotatable bonds is 5. The Labute approximate surface area is 164 Å². The van der Waals surface area contributed by atoms with Gasteiger partial charge in [0.15, 0.2) is 0 Å². The molecule has 0 aromatic carbocycles. The van der Waals surface area contributed by atoms with Crippen LogP contribution < -0.4 is 0 Å². The number of allylic oxidation sites excluding steroid dienone is 1. The highest BCUT2D eigenvalue weighted by Crippen LogP contribution is 2.36. The number of hydrogen-bond acceptors (Lipinski definition) is 7. The van der Waals surface area contributed by atoms with E-state index in [4.69, 9.17) is 14.2 Å². The fraction of sp³-hybridized carbons (Fsp3) is 0.476. The van der Waals surface area contributed by atoms with Crippen molar-refractivity contribution in [2.24, 2.45) is 5.92 Å². The Morgan fingerprint density at radius 3 is 2.64 bits per heavy atom. The molecule has 1 aliphatic heterocycles. The minimum Gasteiger partial charge on any atom is -0.461 e. The molecule has 0 spiro atoms. The lowest BCUT2D eigenvalue weighted by Crippen LogP contribution is -2.34. The predicted octanol–water partition coefficient (Wildman–Crippen LogP) is 2.16. The van der Waals surface area contributed by atoms with Gasteiger partial charge in [-0.3, -0.25) is 4.79 Å². The predicted molar refractivity (Wildman–Crippen MR) is 101 cm³/mol. The van der Waals surface area contributed by atoms with Crippen LogP contribution in [0.3, 0.4) is 0 Å². The molecule has 1 heterocycles. The van der Waals surface area contributed by atoms with E-state index in [9.17, 15) is 19.5 Å². The maximum absolute atomic E-state index is 12.2. The molecule has 0 aromatic rings.